The first-order valence-electron chi connectivity index (χ1n) is 14.5. The summed E-state index contributed by atoms with van der Waals surface area (Å²) in [6.45, 7) is 4.62. The van der Waals surface area contributed by atoms with Crippen molar-refractivity contribution in [3.63, 3.8) is 0 Å². The summed E-state index contributed by atoms with van der Waals surface area (Å²) in [7, 11) is 3.87. The number of aromatic nitrogens is 2. The predicted molar refractivity (Wildman–Crippen MR) is 153 cm³/mol. The number of hydrogen-bond donors (Lipinski definition) is 2. The van der Waals surface area contributed by atoms with Gasteiger partial charge < -0.3 is 30.1 Å². The van der Waals surface area contributed by atoms with Crippen LogP contribution in [0.1, 0.15) is 26.2 Å². The highest BCUT2D eigenvalue weighted by Gasteiger charge is 2.50. The molecule has 14 heteroatoms. The molecule has 0 saturated carbocycles. The Kier molecular flexibility index (Phi) is 9.07. The van der Waals surface area contributed by atoms with Gasteiger partial charge in [0.05, 0.1) is 23.2 Å². The number of alkyl halides is 3. The third kappa shape index (κ3) is 6.85. The van der Waals surface area contributed by atoms with E-state index in [0.717, 1.165) is 12.8 Å². The van der Waals surface area contributed by atoms with Crippen molar-refractivity contribution in [2.45, 2.75) is 44.4 Å². The Morgan fingerprint density at radius 1 is 1.16 bits per heavy atom. The quantitative estimate of drug-likeness (QED) is 0.483. The zero-order chi connectivity index (χ0) is 30.9. The van der Waals surface area contributed by atoms with Crippen molar-refractivity contribution < 1.29 is 31.9 Å². The van der Waals surface area contributed by atoms with Gasteiger partial charge in [-0.2, -0.15) is 13.2 Å². The van der Waals surface area contributed by atoms with Gasteiger partial charge in [-0.05, 0) is 38.9 Å². The minimum absolute atomic E-state index is 0.103. The standard InChI is InChI=1S/C29H37F4N7O3/c1-17-16-40(7-6-38(17)2)25-12-23(30)20(18-13-35-28(36-14-18)39(3)19-4-8-43-9-5-19)10-24(25)37-27(42)21-15-34-26(41)11-22(21)29(31,32)33/h10,12-14,17,19,21-22H,4-9,11,15-16H2,1-3H3,(H,34,41)(H,37,42)/t17-,21?,22?/m0/s1. The molecular weight excluding hydrogens is 570 g/mol. The molecule has 0 aliphatic carbocycles. The number of piperidine rings is 1. The van der Waals surface area contributed by atoms with E-state index in [1.807, 2.05) is 30.8 Å². The number of amides is 2. The Morgan fingerprint density at radius 3 is 2.51 bits per heavy atom. The number of rotatable bonds is 6. The zero-order valence-electron chi connectivity index (χ0n) is 24.5. The molecule has 0 bridgehead atoms. The summed E-state index contributed by atoms with van der Waals surface area (Å²) in [5.41, 5.74) is 1.01. The van der Waals surface area contributed by atoms with E-state index in [4.69, 9.17) is 4.74 Å². The number of benzene rings is 1. The van der Waals surface area contributed by atoms with Gasteiger partial charge in [0.15, 0.2) is 0 Å². The second kappa shape index (κ2) is 12.6. The van der Waals surface area contributed by atoms with Crippen LogP contribution < -0.4 is 20.4 Å². The average Bonchev–Trinajstić information content (AvgIpc) is 2.99. The van der Waals surface area contributed by atoms with Gasteiger partial charge in [-0.1, -0.05) is 0 Å². The number of carbonyl (C=O) groups is 2. The second-order valence-electron chi connectivity index (χ2n) is 11.6. The van der Waals surface area contributed by atoms with Crippen LogP contribution in [-0.2, 0) is 14.3 Å². The fourth-order valence-corrected chi connectivity index (χ4v) is 5.92. The first-order valence-corrected chi connectivity index (χ1v) is 14.5. The molecule has 2 N–H and O–H groups in total. The summed E-state index contributed by atoms with van der Waals surface area (Å²) >= 11 is 0. The molecule has 0 spiro atoms. The van der Waals surface area contributed by atoms with Gasteiger partial charge in [0.25, 0.3) is 0 Å². The lowest BCUT2D eigenvalue weighted by Gasteiger charge is -2.40. The number of nitrogens with one attached hydrogen (secondary N) is 2. The van der Waals surface area contributed by atoms with E-state index in [1.54, 1.807) is 0 Å². The van der Waals surface area contributed by atoms with Gasteiger partial charge in [0.1, 0.15) is 5.82 Å². The summed E-state index contributed by atoms with van der Waals surface area (Å²) in [4.78, 5) is 40.0. The highest BCUT2D eigenvalue weighted by Crippen LogP contribution is 2.39. The number of ether oxygens (including phenoxy) is 1. The lowest BCUT2D eigenvalue weighted by atomic mass is 9.84. The van der Waals surface area contributed by atoms with Gasteiger partial charge in [-0.25, -0.2) is 14.4 Å². The third-order valence-corrected chi connectivity index (χ3v) is 8.81. The summed E-state index contributed by atoms with van der Waals surface area (Å²) < 4.78 is 62.6. The van der Waals surface area contributed by atoms with Crippen LogP contribution in [-0.4, -0.2) is 98.4 Å². The van der Waals surface area contributed by atoms with Gasteiger partial charge in [0.2, 0.25) is 17.8 Å². The minimum Gasteiger partial charge on any atom is -0.381 e. The highest BCUT2D eigenvalue weighted by molar-refractivity contribution is 5.98. The molecule has 2 amide bonds. The van der Waals surface area contributed by atoms with Crippen LogP contribution in [0.2, 0.25) is 0 Å². The molecule has 3 atom stereocenters. The molecule has 5 rings (SSSR count). The number of carbonyl (C=O) groups excluding carboxylic acids is 2. The highest BCUT2D eigenvalue weighted by atomic mass is 19.4. The van der Waals surface area contributed by atoms with Crippen molar-refractivity contribution >= 4 is 29.1 Å². The van der Waals surface area contributed by atoms with Crippen LogP contribution in [0.4, 0.5) is 34.9 Å². The second-order valence-corrected chi connectivity index (χ2v) is 11.6. The van der Waals surface area contributed by atoms with Gasteiger partial charge in [-0.3, -0.25) is 9.59 Å². The zero-order valence-corrected chi connectivity index (χ0v) is 24.5. The molecule has 3 saturated heterocycles. The summed E-state index contributed by atoms with van der Waals surface area (Å²) in [5.74, 6) is -5.41. The Balaban J connectivity index is 1.46. The summed E-state index contributed by atoms with van der Waals surface area (Å²) in [5, 5.41) is 5.03. The Labute approximate surface area is 247 Å². The van der Waals surface area contributed by atoms with Crippen molar-refractivity contribution in [3.8, 4) is 11.1 Å². The molecule has 10 nitrogen and oxygen atoms in total. The van der Waals surface area contributed by atoms with Crippen LogP contribution in [0.25, 0.3) is 11.1 Å². The number of halogens is 4. The summed E-state index contributed by atoms with van der Waals surface area (Å²) in [6.07, 6.45) is -0.894. The van der Waals surface area contributed by atoms with Crippen molar-refractivity contribution in [3.05, 3.63) is 30.3 Å². The van der Waals surface area contributed by atoms with Crippen LogP contribution >= 0.6 is 0 Å². The minimum atomic E-state index is -4.74. The Bertz CT molecular complexity index is 1320. The van der Waals surface area contributed by atoms with Crippen molar-refractivity contribution in [2.75, 3.05) is 68.6 Å². The molecule has 2 aromatic rings. The van der Waals surface area contributed by atoms with Crippen molar-refractivity contribution in [1.82, 2.24) is 20.2 Å². The molecule has 3 fully saturated rings. The molecule has 4 heterocycles. The molecule has 1 aromatic carbocycles. The number of piperazine rings is 1. The number of likely N-dealkylation sites (N-methyl/N-ethyl adjacent to an activating group) is 1. The normalized spacial score (nSPS) is 24.0. The van der Waals surface area contributed by atoms with E-state index in [1.165, 1.54) is 24.5 Å². The van der Waals surface area contributed by atoms with E-state index in [0.29, 0.717) is 50.0 Å². The lowest BCUT2D eigenvalue weighted by molar-refractivity contribution is -0.197. The van der Waals surface area contributed by atoms with Crippen LogP contribution in [0, 0.1) is 17.7 Å². The summed E-state index contributed by atoms with van der Waals surface area (Å²) in [6, 6.07) is 3.07. The van der Waals surface area contributed by atoms with Crippen molar-refractivity contribution in [1.29, 1.82) is 0 Å². The smallest absolute Gasteiger partial charge is 0.381 e. The van der Waals surface area contributed by atoms with Gasteiger partial charge in [0, 0.05) is 88.5 Å². The van der Waals surface area contributed by atoms with E-state index >= 15 is 4.39 Å². The Hall–Kier alpha value is -3.52. The fourth-order valence-electron chi connectivity index (χ4n) is 5.92. The molecule has 3 aliphatic rings. The molecule has 0 radical (unpaired) electrons. The van der Waals surface area contributed by atoms with Crippen LogP contribution in [0.3, 0.4) is 0 Å². The average molecular weight is 608 g/mol. The third-order valence-electron chi connectivity index (χ3n) is 8.81. The van der Waals surface area contributed by atoms with Crippen molar-refractivity contribution in [2.24, 2.45) is 11.8 Å². The first kappa shape index (κ1) is 30.9. The number of hydrogen-bond acceptors (Lipinski definition) is 8. The molecule has 1 aromatic heterocycles. The topological polar surface area (TPSA) is 103 Å². The maximum Gasteiger partial charge on any atom is 0.393 e. The molecule has 43 heavy (non-hydrogen) atoms. The van der Waals surface area contributed by atoms with Gasteiger partial charge >= 0.3 is 6.18 Å². The maximum absolute atomic E-state index is 15.7. The fraction of sp³-hybridized carbons (Fsp3) is 0.586. The van der Waals surface area contributed by atoms with Crippen LogP contribution in [0.15, 0.2) is 24.5 Å². The van der Waals surface area contributed by atoms with E-state index in [9.17, 15) is 22.8 Å². The largest absolute Gasteiger partial charge is 0.393 e. The molecule has 3 aliphatic heterocycles. The van der Waals surface area contributed by atoms with E-state index in [-0.39, 0.29) is 23.3 Å². The molecule has 234 valence electrons. The molecular formula is C29H37F4N7O3. The monoisotopic (exact) mass is 607 g/mol. The molecule has 2 unspecified atom stereocenters. The number of anilines is 3. The first-order chi connectivity index (χ1) is 20.4. The van der Waals surface area contributed by atoms with E-state index < -0.39 is 48.6 Å². The maximum atomic E-state index is 15.7. The predicted octanol–water partition coefficient (Wildman–Crippen LogP) is 3.29. The SMILES string of the molecule is C[C@H]1CN(c2cc(F)c(-c3cnc(N(C)C4CCOCC4)nc3)cc2NC(=O)C2CNC(=O)CC2C(F)(F)F)CCN1C. The lowest BCUT2D eigenvalue weighted by Crippen LogP contribution is -2.51. The van der Waals surface area contributed by atoms with Crippen LogP contribution in [0.5, 0.6) is 0 Å². The Morgan fingerprint density at radius 2 is 1.86 bits per heavy atom. The van der Waals surface area contributed by atoms with E-state index in [2.05, 4.69) is 25.5 Å². The number of nitrogens with zero attached hydrogens (tertiary/aromatic N) is 5. The van der Waals surface area contributed by atoms with Gasteiger partial charge in [-0.15, -0.1) is 0 Å².